The van der Waals surface area contributed by atoms with Gasteiger partial charge in [0.05, 0.1) is 6.61 Å². The van der Waals surface area contributed by atoms with Crippen molar-refractivity contribution < 1.29 is 4.74 Å². The molecule has 0 unspecified atom stereocenters. The highest BCUT2D eigenvalue weighted by molar-refractivity contribution is 9.10. The summed E-state index contributed by atoms with van der Waals surface area (Å²) < 4.78 is 6.46. The number of benzene rings is 1. The van der Waals surface area contributed by atoms with Crippen LogP contribution in [0.5, 0.6) is 5.88 Å². The van der Waals surface area contributed by atoms with E-state index in [1.807, 2.05) is 43.3 Å². The fraction of sp³-hybridized carbons (Fsp3) is 0.214. The standard InChI is InChI=1S/C14H15BrN2O/c1-2-18-14-9-5-8-13(17-14)16-10-11-6-3-4-7-12(11)15/h3-9H,2,10H2,1H3,(H,16,17). The number of halogens is 1. The highest BCUT2D eigenvalue weighted by Crippen LogP contribution is 2.18. The summed E-state index contributed by atoms with van der Waals surface area (Å²) in [6.07, 6.45) is 0. The van der Waals surface area contributed by atoms with E-state index in [4.69, 9.17) is 4.74 Å². The second-order valence-electron chi connectivity index (χ2n) is 3.74. The molecule has 0 spiro atoms. The van der Waals surface area contributed by atoms with Gasteiger partial charge in [0.15, 0.2) is 0 Å². The Bertz CT molecular complexity index is 517. The minimum Gasteiger partial charge on any atom is -0.478 e. The quantitative estimate of drug-likeness (QED) is 0.911. The molecule has 0 aliphatic carbocycles. The molecule has 94 valence electrons. The van der Waals surface area contributed by atoms with Gasteiger partial charge in [-0.15, -0.1) is 0 Å². The number of aromatic nitrogens is 1. The van der Waals surface area contributed by atoms with Crippen LogP contribution in [-0.2, 0) is 6.54 Å². The lowest BCUT2D eigenvalue weighted by Gasteiger charge is -2.08. The Hall–Kier alpha value is -1.55. The van der Waals surface area contributed by atoms with Gasteiger partial charge in [-0.1, -0.05) is 40.2 Å². The van der Waals surface area contributed by atoms with Crippen molar-refractivity contribution in [2.24, 2.45) is 0 Å². The van der Waals surface area contributed by atoms with E-state index in [0.29, 0.717) is 12.5 Å². The van der Waals surface area contributed by atoms with Crippen LogP contribution >= 0.6 is 15.9 Å². The molecule has 0 radical (unpaired) electrons. The molecular weight excluding hydrogens is 292 g/mol. The van der Waals surface area contributed by atoms with E-state index in [9.17, 15) is 0 Å². The van der Waals surface area contributed by atoms with Crippen LogP contribution in [0.25, 0.3) is 0 Å². The maximum Gasteiger partial charge on any atom is 0.215 e. The molecule has 1 aromatic heterocycles. The van der Waals surface area contributed by atoms with Gasteiger partial charge in [-0.3, -0.25) is 0 Å². The third-order valence-corrected chi connectivity index (χ3v) is 3.21. The summed E-state index contributed by atoms with van der Waals surface area (Å²) >= 11 is 3.52. The zero-order chi connectivity index (χ0) is 12.8. The summed E-state index contributed by atoms with van der Waals surface area (Å²) in [6, 6.07) is 13.8. The van der Waals surface area contributed by atoms with Gasteiger partial charge in [0.1, 0.15) is 5.82 Å². The summed E-state index contributed by atoms with van der Waals surface area (Å²) in [5.74, 6) is 1.46. The average molecular weight is 307 g/mol. The summed E-state index contributed by atoms with van der Waals surface area (Å²) in [5, 5.41) is 3.28. The average Bonchev–Trinajstić information content (AvgIpc) is 2.39. The minimum absolute atomic E-state index is 0.626. The zero-order valence-corrected chi connectivity index (χ0v) is 11.8. The molecule has 3 nitrogen and oxygen atoms in total. The Morgan fingerprint density at radius 2 is 2.00 bits per heavy atom. The molecule has 2 aromatic rings. The van der Waals surface area contributed by atoms with Crippen LogP contribution in [0, 0.1) is 0 Å². The zero-order valence-electron chi connectivity index (χ0n) is 10.2. The molecule has 0 bridgehead atoms. The highest BCUT2D eigenvalue weighted by Gasteiger charge is 2.00. The Labute approximate surface area is 115 Å². The van der Waals surface area contributed by atoms with E-state index < -0.39 is 0 Å². The monoisotopic (exact) mass is 306 g/mol. The topological polar surface area (TPSA) is 34.1 Å². The first-order valence-electron chi connectivity index (χ1n) is 5.86. The highest BCUT2D eigenvalue weighted by atomic mass is 79.9. The molecule has 0 atom stereocenters. The molecule has 0 aliphatic heterocycles. The number of nitrogens with zero attached hydrogens (tertiary/aromatic N) is 1. The van der Waals surface area contributed by atoms with Crippen molar-refractivity contribution in [1.82, 2.24) is 4.98 Å². The van der Waals surface area contributed by atoms with Crippen LogP contribution in [0.4, 0.5) is 5.82 Å². The lowest BCUT2D eigenvalue weighted by molar-refractivity contribution is 0.327. The van der Waals surface area contributed by atoms with Crippen LogP contribution in [0.2, 0.25) is 0 Å². The first kappa shape index (κ1) is 12.9. The summed E-state index contributed by atoms with van der Waals surface area (Å²) in [6.45, 7) is 3.30. The van der Waals surface area contributed by atoms with Crippen molar-refractivity contribution in [1.29, 1.82) is 0 Å². The van der Waals surface area contributed by atoms with Gasteiger partial charge in [0.2, 0.25) is 5.88 Å². The van der Waals surface area contributed by atoms with Crippen molar-refractivity contribution in [2.45, 2.75) is 13.5 Å². The van der Waals surface area contributed by atoms with Gasteiger partial charge in [0.25, 0.3) is 0 Å². The lowest BCUT2D eigenvalue weighted by Crippen LogP contribution is -2.03. The second-order valence-corrected chi connectivity index (χ2v) is 4.59. The van der Waals surface area contributed by atoms with E-state index in [-0.39, 0.29) is 0 Å². The number of hydrogen-bond acceptors (Lipinski definition) is 3. The Kier molecular flexibility index (Phi) is 4.59. The fourth-order valence-electron chi connectivity index (χ4n) is 1.57. The van der Waals surface area contributed by atoms with Gasteiger partial charge < -0.3 is 10.1 Å². The molecule has 4 heteroatoms. The van der Waals surface area contributed by atoms with E-state index in [0.717, 1.165) is 16.8 Å². The molecule has 0 fully saturated rings. The summed E-state index contributed by atoms with van der Waals surface area (Å²) in [4.78, 5) is 4.36. The third-order valence-electron chi connectivity index (χ3n) is 2.43. The minimum atomic E-state index is 0.626. The van der Waals surface area contributed by atoms with Crippen molar-refractivity contribution in [2.75, 3.05) is 11.9 Å². The maximum atomic E-state index is 5.36. The first-order valence-corrected chi connectivity index (χ1v) is 6.66. The fourth-order valence-corrected chi connectivity index (χ4v) is 1.99. The normalized spacial score (nSPS) is 10.1. The Morgan fingerprint density at radius 1 is 1.17 bits per heavy atom. The largest absolute Gasteiger partial charge is 0.478 e. The molecular formula is C14H15BrN2O. The molecule has 0 aliphatic rings. The van der Waals surface area contributed by atoms with Gasteiger partial charge in [-0.05, 0) is 24.6 Å². The molecule has 18 heavy (non-hydrogen) atoms. The number of ether oxygens (including phenoxy) is 1. The lowest BCUT2D eigenvalue weighted by atomic mass is 10.2. The second kappa shape index (κ2) is 6.40. The molecule has 1 N–H and O–H groups in total. The predicted molar refractivity (Wildman–Crippen MR) is 76.9 cm³/mol. The van der Waals surface area contributed by atoms with E-state index in [1.165, 1.54) is 5.56 Å². The smallest absolute Gasteiger partial charge is 0.215 e. The molecule has 2 rings (SSSR count). The summed E-state index contributed by atoms with van der Waals surface area (Å²) in [7, 11) is 0. The van der Waals surface area contributed by atoms with Gasteiger partial charge >= 0.3 is 0 Å². The van der Waals surface area contributed by atoms with Gasteiger partial charge in [0, 0.05) is 17.1 Å². The number of nitrogens with one attached hydrogen (secondary N) is 1. The predicted octanol–water partition coefficient (Wildman–Crippen LogP) is 3.85. The Balaban J connectivity index is 2.02. The van der Waals surface area contributed by atoms with Crippen LogP contribution in [0.3, 0.4) is 0 Å². The van der Waals surface area contributed by atoms with E-state index in [1.54, 1.807) is 0 Å². The van der Waals surface area contributed by atoms with E-state index in [2.05, 4.69) is 32.3 Å². The molecule has 1 heterocycles. The number of hydrogen-bond donors (Lipinski definition) is 1. The maximum absolute atomic E-state index is 5.36. The number of rotatable bonds is 5. The van der Waals surface area contributed by atoms with Crippen molar-refractivity contribution in [3.63, 3.8) is 0 Å². The van der Waals surface area contributed by atoms with Crippen LogP contribution < -0.4 is 10.1 Å². The third kappa shape index (κ3) is 3.47. The number of anilines is 1. The van der Waals surface area contributed by atoms with Crippen molar-refractivity contribution in [3.8, 4) is 5.88 Å². The summed E-state index contributed by atoms with van der Waals surface area (Å²) in [5.41, 5.74) is 1.20. The molecule has 0 saturated carbocycles. The molecule has 0 saturated heterocycles. The SMILES string of the molecule is CCOc1cccc(NCc2ccccc2Br)n1. The van der Waals surface area contributed by atoms with Crippen molar-refractivity contribution in [3.05, 3.63) is 52.5 Å². The number of pyridine rings is 1. The van der Waals surface area contributed by atoms with Gasteiger partial charge in [-0.25, -0.2) is 0 Å². The van der Waals surface area contributed by atoms with E-state index >= 15 is 0 Å². The van der Waals surface area contributed by atoms with Crippen LogP contribution in [0.1, 0.15) is 12.5 Å². The molecule has 0 amide bonds. The van der Waals surface area contributed by atoms with Gasteiger partial charge in [-0.2, -0.15) is 4.98 Å². The van der Waals surface area contributed by atoms with Crippen molar-refractivity contribution >= 4 is 21.7 Å². The van der Waals surface area contributed by atoms with Crippen LogP contribution in [-0.4, -0.2) is 11.6 Å². The van der Waals surface area contributed by atoms with Crippen LogP contribution in [0.15, 0.2) is 46.9 Å². The molecule has 1 aromatic carbocycles. The Morgan fingerprint density at radius 3 is 2.78 bits per heavy atom. The first-order chi connectivity index (χ1) is 8.79.